The number of aromatic nitrogens is 2. The van der Waals surface area contributed by atoms with Gasteiger partial charge in [-0.3, -0.25) is 4.79 Å². The maximum absolute atomic E-state index is 13.0. The smallest absolute Gasteiger partial charge is 0.329 e. The molecule has 2 aromatic heterocycles. The van der Waals surface area contributed by atoms with Gasteiger partial charge in [-0.2, -0.15) is 0 Å². The van der Waals surface area contributed by atoms with Crippen molar-refractivity contribution in [2.75, 3.05) is 0 Å². The number of para-hydroxylation sites is 1. The second-order valence-corrected chi connectivity index (χ2v) is 7.77. The molecule has 0 fully saturated rings. The van der Waals surface area contributed by atoms with Crippen molar-refractivity contribution in [3.8, 4) is 0 Å². The maximum Gasteiger partial charge on any atom is 0.329 e. The molecule has 4 N–H and O–H groups in total. The second kappa shape index (κ2) is 10.1. The summed E-state index contributed by atoms with van der Waals surface area (Å²) >= 11 is 0. The standard InChI is InChI=1S/C25H26N4O4/c1-2-19(26)24-29-22(15-32-24)23(30)28-21(25(31)33-14-16-8-4-3-5-9-16)12-17-13-27-20-11-7-6-10-18(17)20/h3-11,13,15,19,21,27H,2,12,14,26H2,1H3,(H,28,30). The molecule has 8 heteroatoms. The summed E-state index contributed by atoms with van der Waals surface area (Å²) in [5.41, 5.74) is 8.69. The summed E-state index contributed by atoms with van der Waals surface area (Å²) in [6.45, 7) is 2.01. The van der Waals surface area contributed by atoms with E-state index in [9.17, 15) is 9.59 Å². The number of nitrogens with one attached hydrogen (secondary N) is 2. The molecule has 0 spiro atoms. The van der Waals surface area contributed by atoms with E-state index in [1.165, 1.54) is 6.26 Å². The highest BCUT2D eigenvalue weighted by molar-refractivity contribution is 5.95. The van der Waals surface area contributed by atoms with Crippen molar-refractivity contribution >= 4 is 22.8 Å². The zero-order chi connectivity index (χ0) is 23.2. The first-order valence-corrected chi connectivity index (χ1v) is 10.8. The third-order valence-electron chi connectivity index (χ3n) is 5.42. The highest BCUT2D eigenvalue weighted by atomic mass is 16.5. The molecule has 170 valence electrons. The number of hydrogen-bond acceptors (Lipinski definition) is 6. The van der Waals surface area contributed by atoms with Gasteiger partial charge < -0.3 is 25.2 Å². The van der Waals surface area contributed by atoms with Crippen molar-refractivity contribution in [3.63, 3.8) is 0 Å². The minimum Gasteiger partial charge on any atom is -0.459 e. The van der Waals surface area contributed by atoms with Crippen LogP contribution in [-0.2, 0) is 22.6 Å². The number of nitrogens with two attached hydrogens (primary N) is 1. The van der Waals surface area contributed by atoms with Gasteiger partial charge in [0.15, 0.2) is 5.69 Å². The fraction of sp³-hybridized carbons (Fsp3) is 0.240. The van der Waals surface area contributed by atoms with E-state index in [0.29, 0.717) is 6.42 Å². The van der Waals surface area contributed by atoms with Crippen molar-refractivity contribution < 1.29 is 18.7 Å². The Morgan fingerprint density at radius 2 is 1.91 bits per heavy atom. The number of fused-ring (bicyclic) bond motifs is 1. The predicted octanol–water partition coefficient (Wildman–Crippen LogP) is 3.65. The van der Waals surface area contributed by atoms with Crippen molar-refractivity contribution in [1.82, 2.24) is 15.3 Å². The van der Waals surface area contributed by atoms with E-state index in [-0.39, 0.29) is 24.6 Å². The van der Waals surface area contributed by atoms with Crippen LogP contribution < -0.4 is 11.1 Å². The Bertz CT molecular complexity index is 1230. The van der Waals surface area contributed by atoms with Gasteiger partial charge in [-0.1, -0.05) is 55.5 Å². The lowest BCUT2D eigenvalue weighted by atomic mass is 10.0. The van der Waals surface area contributed by atoms with Gasteiger partial charge in [-0.15, -0.1) is 0 Å². The van der Waals surface area contributed by atoms with Crippen LogP contribution in [0.15, 0.2) is 71.5 Å². The monoisotopic (exact) mass is 446 g/mol. The molecular formula is C25H26N4O4. The lowest BCUT2D eigenvalue weighted by molar-refractivity contribution is -0.147. The van der Waals surface area contributed by atoms with Crippen LogP contribution in [0.4, 0.5) is 0 Å². The average molecular weight is 447 g/mol. The van der Waals surface area contributed by atoms with E-state index < -0.39 is 24.0 Å². The number of oxazole rings is 1. The van der Waals surface area contributed by atoms with Gasteiger partial charge in [-0.25, -0.2) is 9.78 Å². The normalized spacial score (nSPS) is 12.9. The lowest BCUT2D eigenvalue weighted by Gasteiger charge is -2.17. The van der Waals surface area contributed by atoms with Crippen molar-refractivity contribution in [1.29, 1.82) is 0 Å². The van der Waals surface area contributed by atoms with Crippen LogP contribution in [0.2, 0.25) is 0 Å². The number of carbonyl (C=O) groups is 2. The minimum absolute atomic E-state index is 0.0636. The first kappa shape index (κ1) is 22.3. The summed E-state index contributed by atoms with van der Waals surface area (Å²) < 4.78 is 10.9. The van der Waals surface area contributed by atoms with Crippen LogP contribution in [0.3, 0.4) is 0 Å². The zero-order valence-electron chi connectivity index (χ0n) is 18.3. The maximum atomic E-state index is 13.0. The molecule has 2 aromatic carbocycles. The van der Waals surface area contributed by atoms with Crippen LogP contribution in [0, 0.1) is 0 Å². The number of nitrogens with zero attached hydrogens (tertiary/aromatic N) is 1. The van der Waals surface area contributed by atoms with Gasteiger partial charge in [0.2, 0.25) is 5.89 Å². The van der Waals surface area contributed by atoms with Crippen LogP contribution in [0.25, 0.3) is 10.9 Å². The largest absolute Gasteiger partial charge is 0.459 e. The number of H-pyrrole nitrogens is 1. The number of amides is 1. The Kier molecular flexibility index (Phi) is 6.85. The van der Waals surface area contributed by atoms with E-state index in [0.717, 1.165) is 22.0 Å². The number of hydrogen-bond donors (Lipinski definition) is 3. The molecule has 0 bridgehead atoms. The number of carbonyl (C=O) groups excluding carboxylic acids is 2. The zero-order valence-corrected chi connectivity index (χ0v) is 18.3. The van der Waals surface area contributed by atoms with Gasteiger partial charge in [0.05, 0.1) is 6.04 Å². The number of benzene rings is 2. The van der Waals surface area contributed by atoms with E-state index >= 15 is 0 Å². The topological polar surface area (TPSA) is 123 Å². The predicted molar refractivity (Wildman–Crippen MR) is 123 cm³/mol. The summed E-state index contributed by atoms with van der Waals surface area (Å²) in [6.07, 6.45) is 3.96. The summed E-state index contributed by atoms with van der Waals surface area (Å²) in [6, 6.07) is 15.8. The van der Waals surface area contributed by atoms with Crippen molar-refractivity contribution in [2.24, 2.45) is 5.73 Å². The second-order valence-electron chi connectivity index (χ2n) is 7.77. The molecule has 0 radical (unpaired) electrons. The molecular weight excluding hydrogens is 420 g/mol. The molecule has 0 aliphatic rings. The van der Waals surface area contributed by atoms with Crippen molar-refractivity contribution in [2.45, 2.75) is 38.5 Å². The molecule has 2 heterocycles. The molecule has 0 saturated carbocycles. The average Bonchev–Trinajstić information content (AvgIpc) is 3.50. The van der Waals surface area contributed by atoms with Crippen LogP contribution >= 0.6 is 0 Å². The van der Waals surface area contributed by atoms with Gasteiger partial charge in [0.25, 0.3) is 5.91 Å². The Balaban J connectivity index is 1.53. The van der Waals surface area contributed by atoms with Crippen LogP contribution in [0.5, 0.6) is 0 Å². The van der Waals surface area contributed by atoms with Gasteiger partial charge in [-0.05, 0) is 23.6 Å². The summed E-state index contributed by atoms with van der Waals surface area (Å²) in [4.78, 5) is 33.2. The van der Waals surface area contributed by atoms with Crippen LogP contribution in [-0.4, -0.2) is 27.9 Å². The van der Waals surface area contributed by atoms with Crippen molar-refractivity contribution in [3.05, 3.63) is 89.8 Å². The number of rotatable bonds is 9. The third kappa shape index (κ3) is 5.30. The van der Waals surface area contributed by atoms with E-state index in [4.69, 9.17) is 14.9 Å². The lowest BCUT2D eigenvalue weighted by Crippen LogP contribution is -2.43. The fourth-order valence-electron chi connectivity index (χ4n) is 3.51. The molecule has 1 amide bonds. The minimum atomic E-state index is -0.916. The highest BCUT2D eigenvalue weighted by Gasteiger charge is 2.26. The molecule has 0 aliphatic carbocycles. The van der Waals surface area contributed by atoms with E-state index in [1.807, 2.05) is 67.7 Å². The first-order chi connectivity index (χ1) is 16.0. The summed E-state index contributed by atoms with van der Waals surface area (Å²) in [7, 11) is 0. The molecule has 0 saturated heterocycles. The SMILES string of the molecule is CCC(N)c1nc(C(=O)NC(Cc2c[nH]c3ccccc23)C(=O)OCc2ccccc2)co1. The number of ether oxygens (including phenoxy) is 1. The van der Waals surface area contributed by atoms with Gasteiger partial charge in [0, 0.05) is 23.5 Å². The van der Waals surface area contributed by atoms with Gasteiger partial charge >= 0.3 is 5.97 Å². The number of aromatic amines is 1. The van der Waals surface area contributed by atoms with Gasteiger partial charge in [0.1, 0.15) is 18.9 Å². The Morgan fingerprint density at radius 3 is 2.70 bits per heavy atom. The summed E-state index contributed by atoms with van der Waals surface area (Å²) in [5.74, 6) is -0.788. The summed E-state index contributed by atoms with van der Waals surface area (Å²) in [5, 5.41) is 3.73. The Morgan fingerprint density at radius 1 is 1.15 bits per heavy atom. The molecule has 2 atom stereocenters. The third-order valence-corrected chi connectivity index (χ3v) is 5.42. The molecule has 0 aliphatic heterocycles. The molecule has 8 nitrogen and oxygen atoms in total. The molecule has 2 unspecified atom stereocenters. The fourth-order valence-corrected chi connectivity index (χ4v) is 3.51. The van der Waals surface area contributed by atoms with E-state index in [2.05, 4.69) is 15.3 Å². The molecule has 33 heavy (non-hydrogen) atoms. The first-order valence-electron chi connectivity index (χ1n) is 10.8. The highest BCUT2D eigenvalue weighted by Crippen LogP contribution is 2.20. The molecule has 4 rings (SSSR count). The molecule has 4 aromatic rings. The Hall–Kier alpha value is -3.91. The number of esters is 1. The van der Waals surface area contributed by atoms with E-state index in [1.54, 1.807) is 0 Å². The Labute approximate surface area is 191 Å². The van der Waals surface area contributed by atoms with Crippen LogP contribution in [0.1, 0.15) is 46.9 Å². The quantitative estimate of drug-likeness (QED) is 0.337.